The number of fused-ring (bicyclic) bond motifs is 1. The molecule has 3 nitrogen and oxygen atoms in total. The highest BCUT2D eigenvalue weighted by atomic mass is 32.1. The second-order valence-electron chi connectivity index (χ2n) is 5.95. The Morgan fingerprint density at radius 1 is 1.12 bits per heavy atom. The molecule has 3 aromatic rings. The highest BCUT2D eigenvalue weighted by Gasteiger charge is 2.31. The van der Waals surface area contributed by atoms with Crippen LogP contribution in [0.3, 0.4) is 0 Å². The lowest BCUT2D eigenvalue weighted by Gasteiger charge is -2.21. The van der Waals surface area contributed by atoms with Gasteiger partial charge in [0.15, 0.2) is 0 Å². The summed E-state index contributed by atoms with van der Waals surface area (Å²) in [5, 5.41) is 1.05. The summed E-state index contributed by atoms with van der Waals surface area (Å²) in [6.45, 7) is 0.804. The Morgan fingerprint density at radius 2 is 1.92 bits per heavy atom. The summed E-state index contributed by atoms with van der Waals surface area (Å²) in [5.74, 6) is 0.0700. The number of hydrogen-bond donors (Lipinski definition) is 0. The van der Waals surface area contributed by atoms with Crippen LogP contribution in [-0.2, 0) is 4.79 Å². The number of likely N-dealkylation sites (tertiary alicyclic amines) is 1. The van der Waals surface area contributed by atoms with E-state index in [1.54, 1.807) is 17.4 Å². The Labute approximate surface area is 145 Å². The fourth-order valence-electron chi connectivity index (χ4n) is 3.15. The van der Waals surface area contributed by atoms with E-state index in [0.717, 1.165) is 35.5 Å². The molecule has 120 valence electrons. The van der Waals surface area contributed by atoms with Crippen LogP contribution in [0.25, 0.3) is 16.3 Å². The van der Waals surface area contributed by atoms with Crippen molar-refractivity contribution in [1.82, 2.24) is 9.88 Å². The molecule has 0 spiro atoms. The molecule has 0 radical (unpaired) electrons. The number of benzene rings is 2. The van der Waals surface area contributed by atoms with Crippen LogP contribution in [-0.4, -0.2) is 22.3 Å². The lowest BCUT2D eigenvalue weighted by Crippen LogP contribution is -2.28. The van der Waals surface area contributed by atoms with E-state index in [2.05, 4.69) is 6.07 Å². The molecule has 1 unspecified atom stereocenters. The fraction of sp³-hybridized carbons (Fsp3) is 0.200. The van der Waals surface area contributed by atoms with Crippen molar-refractivity contribution in [3.8, 4) is 0 Å². The number of aromatic nitrogens is 1. The molecule has 1 aromatic heterocycles. The number of carbonyl (C=O) groups excluding carboxylic acids is 1. The maximum absolute atomic E-state index is 12.6. The monoisotopic (exact) mass is 334 g/mol. The minimum atomic E-state index is 0.0700. The van der Waals surface area contributed by atoms with Gasteiger partial charge in [-0.2, -0.15) is 0 Å². The molecule has 0 saturated carbocycles. The van der Waals surface area contributed by atoms with Crippen molar-refractivity contribution >= 4 is 33.5 Å². The van der Waals surface area contributed by atoms with Gasteiger partial charge in [0.25, 0.3) is 0 Å². The number of carbonyl (C=O) groups is 1. The highest BCUT2D eigenvalue weighted by Crippen LogP contribution is 2.36. The zero-order valence-corrected chi connectivity index (χ0v) is 14.1. The number of nitrogens with zero attached hydrogens (tertiary/aromatic N) is 2. The maximum Gasteiger partial charge on any atom is 0.247 e. The van der Waals surface area contributed by atoms with Gasteiger partial charge in [-0.25, -0.2) is 4.98 Å². The van der Waals surface area contributed by atoms with Crippen molar-refractivity contribution in [2.45, 2.75) is 18.9 Å². The van der Waals surface area contributed by atoms with Crippen molar-refractivity contribution in [3.05, 3.63) is 71.2 Å². The van der Waals surface area contributed by atoms with Gasteiger partial charge in [-0.05, 0) is 36.6 Å². The molecule has 1 fully saturated rings. The van der Waals surface area contributed by atoms with Gasteiger partial charge in [0, 0.05) is 12.6 Å². The minimum Gasteiger partial charge on any atom is -0.330 e. The molecule has 1 amide bonds. The summed E-state index contributed by atoms with van der Waals surface area (Å²) < 4.78 is 1.19. The standard InChI is InChI=1S/C20H18N2OS/c23-19(13-12-15-7-2-1-3-8-15)22-14-6-10-17(22)20-21-16-9-4-5-11-18(16)24-20/h1-5,7-9,11-13,17H,6,10,14H2/b13-12+. The van der Waals surface area contributed by atoms with Crippen molar-refractivity contribution in [1.29, 1.82) is 0 Å². The van der Waals surface area contributed by atoms with E-state index in [1.807, 2.05) is 59.5 Å². The van der Waals surface area contributed by atoms with Gasteiger partial charge in [-0.3, -0.25) is 4.79 Å². The highest BCUT2D eigenvalue weighted by molar-refractivity contribution is 7.18. The molecular formula is C20H18N2OS. The fourth-order valence-corrected chi connectivity index (χ4v) is 4.26. The van der Waals surface area contributed by atoms with Gasteiger partial charge in [0.2, 0.25) is 5.91 Å². The van der Waals surface area contributed by atoms with Gasteiger partial charge >= 0.3 is 0 Å². The quantitative estimate of drug-likeness (QED) is 0.652. The minimum absolute atomic E-state index is 0.0700. The predicted octanol–water partition coefficient (Wildman–Crippen LogP) is 4.67. The summed E-state index contributed by atoms with van der Waals surface area (Å²) >= 11 is 1.70. The van der Waals surface area contributed by atoms with Crippen molar-refractivity contribution in [2.24, 2.45) is 0 Å². The third kappa shape index (κ3) is 2.97. The van der Waals surface area contributed by atoms with E-state index in [1.165, 1.54) is 4.70 Å². The van der Waals surface area contributed by atoms with Crippen LogP contribution in [0.15, 0.2) is 60.7 Å². The largest absolute Gasteiger partial charge is 0.330 e. The number of para-hydroxylation sites is 1. The van der Waals surface area contributed by atoms with Crippen molar-refractivity contribution < 1.29 is 4.79 Å². The maximum atomic E-state index is 12.6. The SMILES string of the molecule is O=C(/C=C/c1ccccc1)N1CCCC1c1nc2ccccc2s1. The first-order valence-electron chi connectivity index (χ1n) is 8.20. The number of thiazole rings is 1. The van der Waals surface area contributed by atoms with Gasteiger partial charge < -0.3 is 4.90 Å². The third-order valence-electron chi connectivity index (χ3n) is 4.35. The van der Waals surface area contributed by atoms with Crippen LogP contribution < -0.4 is 0 Å². The molecule has 0 aliphatic carbocycles. The number of amides is 1. The van der Waals surface area contributed by atoms with E-state index < -0.39 is 0 Å². The molecule has 1 saturated heterocycles. The summed E-state index contributed by atoms with van der Waals surface area (Å²) in [6.07, 6.45) is 5.59. The van der Waals surface area contributed by atoms with Gasteiger partial charge in [0.05, 0.1) is 16.3 Å². The smallest absolute Gasteiger partial charge is 0.247 e. The van der Waals surface area contributed by atoms with Gasteiger partial charge in [0.1, 0.15) is 5.01 Å². The summed E-state index contributed by atoms with van der Waals surface area (Å²) in [6, 6.07) is 18.2. The van der Waals surface area contributed by atoms with Gasteiger partial charge in [-0.1, -0.05) is 42.5 Å². The molecule has 4 rings (SSSR count). The van der Waals surface area contributed by atoms with Gasteiger partial charge in [-0.15, -0.1) is 11.3 Å². The first kappa shape index (κ1) is 15.1. The van der Waals surface area contributed by atoms with Crippen LogP contribution in [0.1, 0.15) is 29.5 Å². The topological polar surface area (TPSA) is 33.2 Å². The Morgan fingerprint density at radius 3 is 2.75 bits per heavy atom. The molecule has 4 heteroatoms. The first-order chi connectivity index (χ1) is 11.8. The second kappa shape index (κ2) is 6.57. The van der Waals surface area contributed by atoms with Crippen LogP contribution in [0, 0.1) is 0 Å². The number of hydrogen-bond acceptors (Lipinski definition) is 3. The summed E-state index contributed by atoms with van der Waals surface area (Å²) in [4.78, 5) is 19.3. The van der Waals surface area contributed by atoms with Crippen LogP contribution in [0.5, 0.6) is 0 Å². The zero-order chi connectivity index (χ0) is 16.4. The average Bonchev–Trinajstić information content (AvgIpc) is 3.26. The van der Waals surface area contributed by atoms with Crippen LogP contribution in [0.2, 0.25) is 0 Å². The van der Waals surface area contributed by atoms with Crippen LogP contribution >= 0.6 is 11.3 Å². The molecule has 0 N–H and O–H groups in total. The molecule has 2 heterocycles. The Hall–Kier alpha value is -2.46. The van der Waals surface area contributed by atoms with Crippen molar-refractivity contribution in [2.75, 3.05) is 6.54 Å². The predicted molar refractivity (Wildman–Crippen MR) is 98.8 cm³/mol. The lowest BCUT2D eigenvalue weighted by molar-refractivity contribution is -0.126. The van der Waals surface area contributed by atoms with E-state index in [4.69, 9.17) is 4.98 Å². The van der Waals surface area contributed by atoms with Crippen LogP contribution in [0.4, 0.5) is 0 Å². The van der Waals surface area contributed by atoms with E-state index in [9.17, 15) is 4.79 Å². The molecule has 1 atom stereocenters. The Kier molecular flexibility index (Phi) is 4.13. The molecule has 1 aliphatic rings. The van der Waals surface area contributed by atoms with Crippen molar-refractivity contribution in [3.63, 3.8) is 0 Å². The molecule has 24 heavy (non-hydrogen) atoms. The molecule has 0 bridgehead atoms. The molecule has 2 aromatic carbocycles. The average molecular weight is 334 g/mol. The second-order valence-corrected chi connectivity index (χ2v) is 7.02. The Balaban J connectivity index is 1.56. The summed E-state index contributed by atoms with van der Waals surface area (Å²) in [7, 11) is 0. The lowest BCUT2D eigenvalue weighted by atomic mass is 10.2. The molecular weight excluding hydrogens is 316 g/mol. The third-order valence-corrected chi connectivity index (χ3v) is 5.49. The first-order valence-corrected chi connectivity index (χ1v) is 9.02. The normalized spacial score (nSPS) is 17.8. The molecule has 1 aliphatic heterocycles. The van der Waals surface area contributed by atoms with E-state index >= 15 is 0 Å². The van der Waals surface area contributed by atoms with E-state index in [0.29, 0.717) is 0 Å². The summed E-state index contributed by atoms with van der Waals surface area (Å²) in [5.41, 5.74) is 2.07. The van der Waals surface area contributed by atoms with E-state index in [-0.39, 0.29) is 11.9 Å². The number of rotatable bonds is 3. The Bertz CT molecular complexity index is 852. The zero-order valence-electron chi connectivity index (χ0n) is 13.3.